The molecule has 7 nitrogen and oxygen atoms in total. The van der Waals surface area contributed by atoms with Crippen LogP contribution in [0.15, 0.2) is 0 Å². The van der Waals surface area contributed by atoms with Crippen LogP contribution in [0, 0.1) is 0 Å². The molecule has 2 N–H and O–H groups in total. The van der Waals surface area contributed by atoms with Gasteiger partial charge in [0.1, 0.15) is 15.4 Å². The van der Waals surface area contributed by atoms with Gasteiger partial charge in [-0.05, 0) is 57.9 Å². The Morgan fingerprint density at radius 1 is 1.00 bits per heavy atom. The van der Waals surface area contributed by atoms with Crippen molar-refractivity contribution < 1.29 is 17.9 Å². The minimum absolute atomic E-state index is 0.00155. The van der Waals surface area contributed by atoms with Crippen LogP contribution in [0.2, 0.25) is 0 Å². The van der Waals surface area contributed by atoms with Crippen LogP contribution in [0.25, 0.3) is 0 Å². The zero-order chi connectivity index (χ0) is 18.9. The van der Waals surface area contributed by atoms with Gasteiger partial charge in [0, 0.05) is 37.9 Å². The molecule has 0 unspecified atom stereocenters. The van der Waals surface area contributed by atoms with Crippen molar-refractivity contribution in [2.45, 2.75) is 75.0 Å². The van der Waals surface area contributed by atoms with E-state index >= 15 is 0 Å². The zero-order valence-electron chi connectivity index (χ0n) is 16.1. The van der Waals surface area contributed by atoms with Crippen LogP contribution in [-0.4, -0.2) is 80.7 Å². The summed E-state index contributed by atoms with van der Waals surface area (Å²) < 4.78 is 28.8. The second-order valence-corrected chi connectivity index (χ2v) is 11.1. The predicted octanol–water partition coefficient (Wildman–Crippen LogP) is 0.445. The zero-order valence-corrected chi connectivity index (χ0v) is 16.9. The molecule has 0 spiro atoms. The molecule has 2 atom stereocenters. The molecule has 4 aliphatic heterocycles. The number of fused-ring (bicyclic) bond motifs is 1. The number of hydrogen-bond donors (Lipinski definition) is 2. The number of rotatable bonds is 4. The first-order valence-corrected chi connectivity index (χ1v) is 12.4. The van der Waals surface area contributed by atoms with Crippen molar-refractivity contribution >= 4 is 15.7 Å². The average Bonchev–Trinajstić information content (AvgIpc) is 3.03. The van der Waals surface area contributed by atoms with Gasteiger partial charge < -0.3 is 15.4 Å². The van der Waals surface area contributed by atoms with Gasteiger partial charge in [-0.15, -0.1) is 0 Å². The highest BCUT2D eigenvalue weighted by molar-refractivity contribution is 7.91. The van der Waals surface area contributed by atoms with Crippen molar-refractivity contribution in [3.05, 3.63) is 0 Å². The lowest BCUT2D eigenvalue weighted by molar-refractivity contribution is -0.134. The van der Waals surface area contributed by atoms with Gasteiger partial charge in [-0.2, -0.15) is 0 Å². The maximum Gasteiger partial charge on any atom is 0.240 e. The molecule has 0 radical (unpaired) electrons. The fourth-order valence-corrected chi connectivity index (χ4v) is 6.83. The molecule has 1 amide bonds. The van der Waals surface area contributed by atoms with Crippen molar-refractivity contribution in [1.82, 2.24) is 15.5 Å². The molecule has 4 fully saturated rings. The second kappa shape index (κ2) is 7.97. The first-order valence-electron chi connectivity index (χ1n) is 10.6. The van der Waals surface area contributed by atoms with Gasteiger partial charge >= 0.3 is 0 Å². The molecule has 0 aromatic heterocycles. The SMILES string of the molecule is O=C(NC1CCS(=O)(=O)CC1)[C@@]12CCCCN1C[C@@H](NC1CCOCC1)C2. The summed E-state index contributed by atoms with van der Waals surface area (Å²) in [6.45, 7) is 3.57. The Balaban J connectivity index is 1.39. The molecule has 27 heavy (non-hydrogen) atoms. The van der Waals surface area contributed by atoms with Gasteiger partial charge in [0.2, 0.25) is 5.91 Å². The number of carbonyl (C=O) groups is 1. The quantitative estimate of drug-likeness (QED) is 0.714. The third-order valence-corrected chi connectivity index (χ3v) is 8.62. The van der Waals surface area contributed by atoms with Crippen molar-refractivity contribution in [1.29, 1.82) is 0 Å². The Morgan fingerprint density at radius 3 is 2.48 bits per heavy atom. The van der Waals surface area contributed by atoms with Crippen LogP contribution in [0.1, 0.15) is 51.4 Å². The molecule has 4 rings (SSSR count). The fourth-order valence-electron chi connectivity index (χ4n) is 5.34. The summed E-state index contributed by atoms with van der Waals surface area (Å²) in [4.78, 5) is 15.7. The summed E-state index contributed by atoms with van der Waals surface area (Å²) in [5.41, 5.74) is -0.405. The summed E-state index contributed by atoms with van der Waals surface area (Å²) in [6.07, 6.45) is 7.21. The molecule has 0 aliphatic carbocycles. The highest BCUT2D eigenvalue weighted by Crippen LogP contribution is 2.38. The van der Waals surface area contributed by atoms with Crippen LogP contribution in [0.5, 0.6) is 0 Å². The summed E-state index contributed by atoms with van der Waals surface area (Å²) in [5.74, 6) is 0.522. The molecule has 0 aromatic rings. The molecule has 0 aromatic carbocycles. The van der Waals surface area contributed by atoms with E-state index in [-0.39, 0.29) is 23.5 Å². The monoisotopic (exact) mass is 399 g/mol. The largest absolute Gasteiger partial charge is 0.381 e. The fraction of sp³-hybridized carbons (Fsp3) is 0.947. The van der Waals surface area contributed by atoms with Crippen LogP contribution >= 0.6 is 0 Å². The van der Waals surface area contributed by atoms with E-state index in [1.54, 1.807) is 0 Å². The van der Waals surface area contributed by atoms with Gasteiger partial charge in [-0.25, -0.2) is 8.42 Å². The minimum atomic E-state index is -2.90. The third kappa shape index (κ3) is 4.33. The Bertz CT molecular complexity index is 635. The molecule has 8 heteroatoms. The van der Waals surface area contributed by atoms with E-state index in [0.29, 0.717) is 24.9 Å². The Morgan fingerprint density at radius 2 is 1.74 bits per heavy atom. The summed E-state index contributed by atoms with van der Waals surface area (Å²) >= 11 is 0. The van der Waals surface area contributed by atoms with E-state index in [0.717, 1.165) is 64.8 Å². The number of ether oxygens (including phenoxy) is 1. The molecule has 4 aliphatic rings. The van der Waals surface area contributed by atoms with Crippen molar-refractivity contribution in [3.63, 3.8) is 0 Å². The van der Waals surface area contributed by atoms with Gasteiger partial charge in [0.25, 0.3) is 0 Å². The van der Waals surface area contributed by atoms with Crippen molar-refractivity contribution in [2.24, 2.45) is 0 Å². The lowest BCUT2D eigenvalue weighted by atomic mass is 9.84. The van der Waals surface area contributed by atoms with Crippen molar-refractivity contribution in [2.75, 3.05) is 37.8 Å². The van der Waals surface area contributed by atoms with E-state index in [2.05, 4.69) is 15.5 Å². The number of amides is 1. The Hall–Kier alpha value is -0.700. The van der Waals surface area contributed by atoms with Gasteiger partial charge in [-0.3, -0.25) is 9.69 Å². The third-order valence-electron chi connectivity index (χ3n) is 6.90. The second-order valence-electron chi connectivity index (χ2n) is 8.79. The summed E-state index contributed by atoms with van der Waals surface area (Å²) in [7, 11) is -2.90. The molecule has 154 valence electrons. The summed E-state index contributed by atoms with van der Waals surface area (Å²) in [5, 5.41) is 7.01. The van der Waals surface area contributed by atoms with E-state index in [1.165, 1.54) is 0 Å². The normalized spacial score (nSPS) is 35.6. The molecular weight excluding hydrogens is 366 g/mol. The van der Waals surface area contributed by atoms with Crippen LogP contribution in [0.4, 0.5) is 0 Å². The number of piperidine rings is 1. The first kappa shape index (κ1) is 19.6. The van der Waals surface area contributed by atoms with E-state index in [1.807, 2.05) is 0 Å². The van der Waals surface area contributed by atoms with Gasteiger partial charge in [0.15, 0.2) is 0 Å². The predicted molar refractivity (Wildman–Crippen MR) is 103 cm³/mol. The average molecular weight is 400 g/mol. The highest BCUT2D eigenvalue weighted by Gasteiger charge is 2.52. The standard InChI is InChI=1S/C19H33N3O4S/c23-18(21-16-5-11-27(24,25)12-6-16)19-7-1-2-8-22(19)14-17(13-19)20-15-3-9-26-10-4-15/h15-17,20H,1-14H2,(H,21,23)/t17-,19-/m0/s1. The number of nitrogens with zero attached hydrogens (tertiary/aromatic N) is 1. The topological polar surface area (TPSA) is 87.7 Å². The van der Waals surface area contributed by atoms with Crippen LogP contribution in [0.3, 0.4) is 0 Å². The number of nitrogens with one attached hydrogen (secondary N) is 2. The lowest BCUT2D eigenvalue weighted by Crippen LogP contribution is -2.59. The van der Waals surface area contributed by atoms with Crippen LogP contribution < -0.4 is 10.6 Å². The first-order chi connectivity index (χ1) is 13.0. The van der Waals surface area contributed by atoms with Gasteiger partial charge in [-0.1, -0.05) is 0 Å². The summed E-state index contributed by atoms with van der Waals surface area (Å²) in [6, 6.07) is 0.846. The maximum absolute atomic E-state index is 13.3. The molecule has 4 saturated heterocycles. The molecule has 0 saturated carbocycles. The van der Waals surface area contributed by atoms with Crippen molar-refractivity contribution in [3.8, 4) is 0 Å². The molecule has 4 heterocycles. The lowest BCUT2D eigenvalue weighted by Gasteiger charge is -2.41. The smallest absolute Gasteiger partial charge is 0.240 e. The van der Waals surface area contributed by atoms with Gasteiger partial charge in [0.05, 0.1) is 11.5 Å². The van der Waals surface area contributed by atoms with E-state index in [4.69, 9.17) is 4.74 Å². The number of hydrogen-bond acceptors (Lipinski definition) is 6. The van der Waals surface area contributed by atoms with E-state index < -0.39 is 15.4 Å². The maximum atomic E-state index is 13.3. The molecular formula is C19H33N3O4S. The van der Waals surface area contributed by atoms with E-state index in [9.17, 15) is 13.2 Å². The minimum Gasteiger partial charge on any atom is -0.381 e. The number of carbonyl (C=O) groups excluding carboxylic acids is 1. The molecule has 0 bridgehead atoms. The Labute approximate surface area is 162 Å². The van der Waals surface area contributed by atoms with Crippen LogP contribution in [-0.2, 0) is 19.4 Å². The Kier molecular flexibility index (Phi) is 5.79. The highest BCUT2D eigenvalue weighted by atomic mass is 32.2. The number of sulfone groups is 1.